The fraction of sp³-hybridized carbons (Fsp3) is 0.0833. The molecule has 2 heteroatoms. The zero-order valence-electron chi connectivity index (χ0n) is 15.1. The molecule has 0 spiro atoms. The molecule has 1 aromatic heterocycles. The molecule has 1 heterocycles. The van der Waals surface area contributed by atoms with E-state index in [1.165, 1.54) is 39.1 Å². The van der Waals surface area contributed by atoms with Gasteiger partial charge in [0.25, 0.3) is 6.33 Å². The van der Waals surface area contributed by atoms with Crippen LogP contribution in [-0.4, -0.2) is 4.98 Å². The van der Waals surface area contributed by atoms with E-state index in [9.17, 15) is 0 Å². The van der Waals surface area contributed by atoms with E-state index in [0.717, 1.165) is 0 Å². The monoisotopic (exact) mass is 337 g/mol. The fourth-order valence-electron chi connectivity index (χ4n) is 3.30. The molecule has 0 unspecified atom stereocenters. The predicted molar refractivity (Wildman–Crippen MR) is 106 cm³/mol. The van der Waals surface area contributed by atoms with Crippen molar-refractivity contribution in [2.45, 2.75) is 6.92 Å². The molecule has 2 nitrogen and oxygen atoms in total. The number of nitrogens with zero attached hydrogens (tertiary/aromatic N) is 2. The SMILES string of the molecule is Cc1ccc(-c2cccc(-c3ccccc3)c2)cc1-c1ccnc[n+]1C. The van der Waals surface area contributed by atoms with E-state index in [1.807, 2.05) is 25.6 Å². The zero-order chi connectivity index (χ0) is 17.9. The van der Waals surface area contributed by atoms with Crippen molar-refractivity contribution in [3.63, 3.8) is 0 Å². The lowest BCUT2D eigenvalue weighted by molar-refractivity contribution is -0.663. The molecule has 26 heavy (non-hydrogen) atoms. The van der Waals surface area contributed by atoms with Crippen LogP contribution in [-0.2, 0) is 7.05 Å². The van der Waals surface area contributed by atoms with Crippen LogP contribution in [0, 0.1) is 6.92 Å². The molecule has 0 aliphatic rings. The van der Waals surface area contributed by atoms with Gasteiger partial charge in [0.1, 0.15) is 11.9 Å². The maximum absolute atomic E-state index is 4.19. The number of hydrogen-bond donors (Lipinski definition) is 0. The summed E-state index contributed by atoms with van der Waals surface area (Å²) >= 11 is 0. The van der Waals surface area contributed by atoms with E-state index < -0.39 is 0 Å². The molecule has 0 aliphatic heterocycles. The first-order valence-corrected chi connectivity index (χ1v) is 8.79. The van der Waals surface area contributed by atoms with E-state index >= 15 is 0 Å². The third kappa shape index (κ3) is 3.14. The van der Waals surface area contributed by atoms with Gasteiger partial charge in [-0.3, -0.25) is 0 Å². The quantitative estimate of drug-likeness (QED) is 0.469. The Balaban J connectivity index is 1.80. The molecular weight excluding hydrogens is 316 g/mol. The first kappa shape index (κ1) is 16.2. The minimum atomic E-state index is 1.17. The second-order valence-corrected chi connectivity index (χ2v) is 6.55. The largest absolute Gasteiger partial charge is 0.286 e. The minimum Gasteiger partial charge on any atom is -0.233 e. The molecule has 126 valence electrons. The van der Waals surface area contributed by atoms with Gasteiger partial charge < -0.3 is 0 Å². The molecule has 0 aliphatic carbocycles. The Morgan fingerprint density at radius 3 is 2.15 bits per heavy atom. The summed E-state index contributed by atoms with van der Waals surface area (Å²) < 4.78 is 2.06. The van der Waals surface area contributed by atoms with Gasteiger partial charge in [-0.15, -0.1) is 0 Å². The molecule has 0 bridgehead atoms. The summed E-state index contributed by atoms with van der Waals surface area (Å²) in [5, 5.41) is 0. The molecule has 0 radical (unpaired) electrons. The summed E-state index contributed by atoms with van der Waals surface area (Å²) in [4.78, 5) is 4.19. The molecule has 3 aromatic carbocycles. The maximum atomic E-state index is 4.19. The van der Waals surface area contributed by atoms with Crippen molar-refractivity contribution in [2.24, 2.45) is 7.05 Å². The summed E-state index contributed by atoms with van der Waals surface area (Å²) in [5.74, 6) is 0. The Morgan fingerprint density at radius 2 is 1.38 bits per heavy atom. The first-order valence-electron chi connectivity index (χ1n) is 8.79. The van der Waals surface area contributed by atoms with Crippen LogP contribution in [0.5, 0.6) is 0 Å². The van der Waals surface area contributed by atoms with Gasteiger partial charge in [0.05, 0.1) is 7.05 Å². The van der Waals surface area contributed by atoms with Crippen molar-refractivity contribution in [3.05, 3.63) is 97.0 Å². The van der Waals surface area contributed by atoms with Gasteiger partial charge in [0.2, 0.25) is 0 Å². The van der Waals surface area contributed by atoms with Crippen LogP contribution in [0.25, 0.3) is 33.5 Å². The van der Waals surface area contributed by atoms with Gasteiger partial charge in [0, 0.05) is 11.6 Å². The lowest BCUT2D eigenvalue weighted by atomic mass is 9.95. The average molecular weight is 337 g/mol. The summed E-state index contributed by atoms with van der Waals surface area (Å²) in [7, 11) is 2.03. The van der Waals surface area contributed by atoms with Crippen molar-refractivity contribution in [3.8, 4) is 33.5 Å². The van der Waals surface area contributed by atoms with Crippen LogP contribution in [0.2, 0.25) is 0 Å². The highest BCUT2D eigenvalue weighted by atomic mass is 15.0. The van der Waals surface area contributed by atoms with Crippen LogP contribution in [0.15, 0.2) is 91.4 Å². The van der Waals surface area contributed by atoms with Crippen LogP contribution >= 0.6 is 0 Å². The highest BCUT2D eigenvalue weighted by Gasteiger charge is 2.11. The van der Waals surface area contributed by atoms with Crippen LogP contribution < -0.4 is 4.57 Å². The Hall–Kier alpha value is -3.26. The number of rotatable bonds is 3. The lowest BCUT2D eigenvalue weighted by Crippen LogP contribution is -2.31. The summed E-state index contributed by atoms with van der Waals surface area (Å²) in [6.07, 6.45) is 3.69. The Morgan fingerprint density at radius 1 is 0.692 bits per heavy atom. The van der Waals surface area contributed by atoms with E-state index in [0.29, 0.717) is 0 Å². The molecule has 4 rings (SSSR count). The summed E-state index contributed by atoms with van der Waals surface area (Å²) in [6.45, 7) is 2.15. The van der Waals surface area contributed by atoms with Crippen molar-refractivity contribution >= 4 is 0 Å². The molecule has 0 fully saturated rings. The molecular formula is C24H21N2+. The highest BCUT2D eigenvalue weighted by Crippen LogP contribution is 2.30. The normalized spacial score (nSPS) is 10.7. The van der Waals surface area contributed by atoms with Gasteiger partial charge in [-0.05, 0) is 46.9 Å². The fourth-order valence-corrected chi connectivity index (χ4v) is 3.30. The van der Waals surface area contributed by atoms with Crippen LogP contribution in [0.1, 0.15) is 5.56 Å². The number of aromatic nitrogens is 2. The third-order valence-corrected chi connectivity index (χ3v) is 4.75. The van der Waals surface area contributed by atoms with Crippen molar-refractivity contribution in [1.29, 1.82) is 0 Å². The molecule has 0 saturated heterocycles. The van der Waals surface area contributed by atoms with Crippen molar-refractivity contribution in [2.75, 3.05) is 0 Å². The smallest absolute Gasteiger partial charge is 0.233 e. The van der Waals surface area contributed by atoms with Gasteiger partial charge in [0.15, 0.2) is 0 Å². The standard InChI is InChI=1S/C24H21N2/c1-18-11-12-22(16-23(18)24-13-14-25-17-26(24)2)21-10-6-9-20(15-21)19-7-4-3-5-8-19/h3-17H,1-2H3/q+1. The first-order chi connectivity index (χ1) is 12.7. The molecule has 0 atom stereocenters. The van der Waals surface area contributed by atoms with E-state index in [4.69, 9.17) is 0 Å². The Kier molecular flexibility index (Phi) is 4.32. The van der Waals surface area contributed by atoms with Crippen LogP contribution in [0.4, 0.5) is 0 Å². The Bertz CT molecular complexity index is 1050. The zero-order valence-corrected chi connectivity index (χ0v) is 15.1. The maximum Gasteiger partial charge on any atom is 0.286 e. The summed E-state index contributed by atoms with van der Waals surface area (Å²) in [6, 6.07) is 28.0. The van der Waals surface area contributed by atoms with E-state index in [-0.39, 0.29) is 0 Å². The van der Waals surface area contributed by atoms with Gasteiger partial charge >= 0.3 is 0 Å². The number of benzene rings is 3. The third-order valence-electron chi connectivity index (χ3n) is 4.75. The highest BCUT2D eigenvalue weighted by molar-refractivity contribution is 5.76. The second kappa shape index (κ2) is 6.93. The Labute approximate surface area is 154 Å². The van der Waals surface area contributed by atoms with Crippen molar-refractivity contribution in [1.82, 2.24) is 4.98 Å². The molecule has 4 aromatic rings. The van der Waals surface area contributed by atoms with Crippen LogP contribution in [0.3, 0.4) is 0 Å². The lowest BCUT2D eigenvalue weighted by Gasteiger charge is -2.10. The topological polar surface area (TPSA) is 16.8 Å². The van der Waals surface area contributed by atoms with Gasteiger partial charge in [-0.2, -0.15) is 0 Å². The van der Waals surface area contributed by atoms with E-state index in [1.54, 1.807) is 0 Å². The second-order valence-electron chi connectivity index (χ2n) is 6.55. The van der Waals surface area contributed by atoms with Gasteiger partial charge in [-0.25, -0.2) is 4.57 Å². The molecule has 0 amide bonds. The molecule has 0 N–H and O–H groups in total. The van der Waals surface area contributed by atoms with Crippen molar-refractivity contribution < 1.29 is 4.57 Å². The number of hydrogen-bond acceptors (Lipinski definition) is 1. The number of aryl methyl sites for hydroxylation is 2. The summed E-state index contributed by atoms with van der Waals surface area (Å²) in [5.41, 5.74) is 8.58. The van der Waals surface area contributed by atoms with E-state index in [2.05, 4.69) is 89.3 Å². The average Bonchev–Trinajstić information content (AvgIpc) is 2.70. The predicted octanol–water partition coefficient (Wildman–Crippen LogP) is 5.22. The van der Waals surface area contributed by atoms with Gasteiger partial charge in [-0.1, -0.05) is 65.6 Å². The molecule has 0 saturated carbocycles. The minimum absolute atomic E-state index is 1.17.